The van der Waals surface area contributed by atoms with Gasteiger partial charge in [0.2, 0.25) is 5.75 Å². The first-order chi connectivity index (χ1) is 13.4. The van der Waals surface area contributed by atoms with Gasteiger partial charge in [-0.3, -0.25) is 0 Å². The molecule has 0 radical (unpaired) electrons. The van der Waals surface area contributed by atoms with Crippen LogP contribution in [0.25, 0.3) is 11.0 Å². The summed E-state index contributed by atoms with van der Waals surface area (Å²) < 4.78 is 27.8. The molecule has 1 aliphatic heterocycles. The topological polar surface area (TPSA) is 87.4 Å². The van der Waals surface area contributed by atoms with Gasteiger partial charge in [-0.25, -0.2) is 4.79 Å². The van der Waals surface area contributed by atoms with Crippen molar-refractivity contribution in [3.8, 4) is 17.2 Å². The molecule has 1 aromatic heterocycles. The van der Waals surface area contributed by atoms with E-state index in [1.807, 2.05) is 13.8 Å². The predicted octanol–water partition coefficient (Wildman–Crippen LogP) is 3.99. The molecule has 1 aliphatic rings. The van der Waals surface area contributed by atoms with Gasteiger partial charge in [0.15, 0.2) is 11.5 Å². The van der Waals surface area contributed by atoms with Gasteiger partial charge in [0.05, 0.1) is 18.6 Å². The van der Waals surface area contributed by atoms with E-state index in [4.69, 9.17) is 23.4 Å². The van der Waals surface area contributed by atoms with Crippen molar-refractivity contribution in [3.05, 3.63) is 28.6 Å². The minimum Gasteiger partial charge on any atom is -0.504 e. The molecule has 3 rings (SSSR count). The lowest BCUT2D eigenvalue weighted by atomic mass is 10.2. The Morgan fingerprint density at radius 2 is 2.04 bits per heavy atom. The molecular weight excluding hydrogens is 364 g/mol. The van der Waals surface area contributed by atoms with Crippen LogP contribution in [0.2, 0.25) is 0 Å². The lowest BCUT2D eigenvalue weighted by Crippen LogP contribution is -2.25. The molecule has 1 atom stereocenters. The minimum absolute atomic E-state index is 0.157. The molecule has 0 saturated carbocycles. The second-order valence-electron chi connectivity index (χ2n) is 7.40. The van der Waals surface area contributed by atoms with Crippen LogP contribution in [0.3, 0.4) is 0 Å². The molecule has 2 heterocycles. The molecule has 0 aliphatic carbocycles. The van der Waals surface area contributed by atoms with E-state index < -0.39 is 11.4 Å². The van der Waals surface area contributed by atoms with Crippen LogP contribution in [-0.2, 0) is 9.47 Å². The first-order valence-electron chi connectivity index (χ1n) is 9.77. The molecule has 1 unspecified atom stereocenters. The van der Waals surface area contributed by atoms with Crippen LogP contribution in [0, 0.1) is 0 Å². The van der Waals surface area contributed by atoms with Crippen LogP contribution < -0.4 is 15.1 Å². The van der Waals surface area contributed by atoms with E-state index in [0.29, 0.717) is 31.0 Å². The molecule has 1 saturated heterocycles. The van der Waals surface area contributed by atoms with E-state index >= 15 is 0 Å². The SMILES string of the molecule is CCCCCCOc1c(O)c2cc(OCC3COC(C)(C)O3)ccc2oc1=O. The first kappa shape index (κ1) is 20.5. The fraction of sp³-hybridized carbons (Fsp3) is 0.571. The van der Waals surface area contributed by atoms with Crippen LogP contribution in [0.1, 0.15) is 46.5 Å². The van der Waals surface area contributed by atoms with Crippen molar-refractivity contribution in [2.24, 2.45) is 0 Å². The Bertz CT molecular complexity index is 856. The summed E-state index contributed by atoms with van der Waals surface area (Å²) in [6.45, 7) is 6.95. The van der Waals surface area contributed by atoms with Crippen molar-refractivity contribution in [2.45, 2.75) is 58.3 Å². The van der Waals surface area contributed by atoms with Gasteiger partial charge < -0.3 is 28.5 Å². The fourth-order valence-electron chi connectivity index (χ4n) is 3.10. The van der Waals surface area contributed by atoms with Crippen molar-refractivity contribution in [1.29, 1.82) is 0 Å². The molecule has 28 heavy (non-hydrogen) atoms. The summed E-state index contributed by atoms with van der Waals surface area (Å²) in [4.78, 5) is 12.1. The van der Waals surface area contributed by atoms with E-state index in [2.05, 4.69) is 6.92 Å². The lowest BCUT2D eigenvalue weighted by Gasteiger charge is -2.17. The summed E-state index contributed by atoms with van der Waals surface area (Å²) in [6.07, 6.45) is 3.87. The summed E-state index contributed by atoms with van der Waals surface area (Å²) >= 11 is 0. The Kier molecular flexibility index (Phi) is 6.46. The maximum Gasteiger partial charge on any atom is 0.383 e. The second kappa shape index (κ2) is 8.84. The van der Waals surface area contributed by atoms with Gasteiger partial charge in [-0.1, -0.05) is 26.2 Å². The average Bonchev–Trinajstić information content (AvgIpc) is 3.01. The molecular formula is C21H28O7. The number of hydrogen-bond donors (Lipinski definition) is 1. The normalized spacial score (nSPS) is 18.5. The Balaban J connectivity index is 1.70. The Morgan fingerprint density at radius 3 is 2.75 bits per heavy atom. The van der Waals surface area contributed by atoms with Crippen LogP contribution in [0.5, 0.6) is 17.2 Å². The Labute approximate surface area is 164 Å². The van der Waals surface area contributed by atoms with Crippen LogP contribution in [0.15, 0.2) is 27.4 Å². The molecule has 1 N–H and O–H groups in total. The van der Waals surface area contributed by atoms with E-state index in [9.17, 15) is 9.90 Å². The third-order valence-electron chi connectivity index (χ3n) is 4.56. The van der Waals surface area contributed by atoms with Crippen LogP contribution in [-0.4, -0.2) is 36.8 Å². The molecule has 154 valence electrons. The third kappa shape index (κ3) is 4.97. The molecule has 1 aromatic carbocycles. The zero-order chi connectivity index (χ0) is 20.1. The number of unbranched alkanes of at least 4 members (excludes halogenated alkanes) is 3. The van der Waals surface area contributed by atoms with E-state index in [1.54, 1.807) is 18.2 Å². The Hall–Kier alpha value is -2.25. The summed E-state index contributed by atoms with van der Waals surface area (Å²) in [7, 11) is 0. The van der Waals surface area contributed by atoms with Gasteiger partial charge in [0, 0.05) is 0 Å². The maximum absolute atomic E-state index is 12.1. The summed E-state index contributed by atoms with van der Waals surface area (Å²) in [6, 6.07) is 4.89. The molecule has 7 nitrogen and oxygen atoms in total. The molecule has 7 heteroatoms. The van der Waals surface area contributed by atoms with Gasteiger partial charge >= 0.3 is 5.63 Å². The minimum atomic E-state index is -0.687. The van der Waals surface area contributed by atoms with E-state index in [1.165, 1.54) is 0 Å². The number of hydrogen-bond acceptors (Lipinski definition) is 7. The highest BCUT2D eigenvalue weighted by atomic mass is 16.7. The van der Waals surface area contributed by atoms with Gasteiger partial charge in [0.1, 0.15) is 24.0 Å². The summed E-state index contributed by atoms with van der Waals surface area (Å²) in [5.74, 6) is -0.467. The number of ether oxygens (including phenoxy) is 4. The molecule has 0 bridgehead atoms. The zero-order valence-electron chi connectivity index (χ0n) is 16.7. The third-order valence-corrected chi connectivity index (χ3v) is 4.56. The van der Waals surface area contributed by atoms with Gasteiger partial charge in [-0.2, -0.15) is 0 Å². The summed E-state index contributed by atoms with van der Waals surface area (Å²) in [5, 5.41) is 10.9. The fourth-order valence-corrected chi connectivity index (χ4v) is 3.10. The largest absolute Gasteiger partial charge is 0.504 e. The summed E-state index contributed by atoms with van der Waals surface area (Å²) in [5.41, 5.74) is -0.414. The number of aromatic hydroxyl groups is 1. The van der Waals surface area contributed by atoms with Crippen LogP contribution in [0.4, 0.5) is 0 Å². The zero-order valence-corrected chi connectivity index (χ0v) is 16.7. The molecule has 2 aromatic rings. The van der Waals surface area contributed by atoms with Gasteiger partial charge in [0.25, 0.3) is 0 Å². The number of fused-ring (bicyclic) bond motifs is 1. The first-order valence-corrected chi connectivity index (χ1v) is 9.77. The molecule has 0 spiro atoms. The van der Waals surface area contributed by atoms with Gasteiger partial charge in [-0.05, 0) is 38.5 Å². The molecule has 0 amide bonds. The Morgan fingerprint density at radius 1 is 1.21 bits per heavy atom. The predicted molar refractivity (Wildman–Crippen MR) is 104 cm³/mol. The highest BCUT2D eigenvalue weighted by Crippen LogP contribution is 2.34. The number of rotatable bonds is 9. The highest BCUT2D eigenvalue weighted by molar-refractivity contribution is 5.86. The average molecular weight is 392 g/mol. The van der Waals surface area contributed by atoms with E-state index in [0.717, 1.165) is 25.7 Å². The second-order valence-corrected chi connectivity index (χ2v) is 7.40. The van der Waals surface area contributed by atoms with Crippen molar-refractivity contribution < 1.29 is 28.5 Å². The monoisotopic (exact) mass is 392 g/mol. The highest BCUT2D eigenvalue weighted by Gasteiger charge is 2.33. The van der Waals surface area contributed by atoms with Crippen molar-refractivity contribution in [2.75, 3.05) is 19.8 Å². The van der Waals surface area contributed by atoms with E-state index in [-0.39, 0.29) is 23.2 Å². The molecule has 1 fully saturated rings. The number of benzene rings is 1. The van der Waals surface area contributed by atoms with Gasteiger partial charge in [-0.15, -0.1) is 0 Å². The smallest absolute Gasteiger partial charge is 0.383 e. The lowest BCUT2D eigenvalue weighted by molar-refractivity contribution is -0.141. The quantitative estimate of drug-likeness (QED) is 0.510. The van der Waals surface area contributed by atoms with Crippen LogP contribution >= 0.6 is 0 Å². The van der Waals surface area contributed by atoms with Crippen molar-refractivity contribution >= 4 is 11.0 Å². The maximum atomic E-state index is 12.1. The van der Waals surface area contributed by atoms with Crippen molar-refractivity contribution in [1.82, 2.24) is 0 Å². The van der Waals surface area contributed by atoms with Crippen molar-refractivity contribution in [3.63, 3.8) is 0 Å². The standard InChI is InChI=1S/C21H28O7/c1-4-5-6-7-10-24-19-18(22)16-11-14(8-9-17(16)27-20(19)23)25-12-15-13-26-21(2,3)28-15/h8-9,11,15,22H,4-7,10,12-13H2,1-3H3.